The van der Waals surface area contributed by atoms with Crippen LogP contribution >= 0.6 is 11.6 Å². The lowest BCUT2D eigenvalue weighted by atomic mass is 9.82. The monoisotopic (exact) mass is 296 g/mol. The number of nitrogens with one attached hydrogen (secondary N) is 2. The highest BCUT2D eigenvalue weighted by molar-refractivity contribution is 6.30. The molecule has 1 amide bonds. The zero-order valence-corrected chi connectivity index (χ0v) is 13.8. The fraction of sp³-hybridized carbons (Fsp3) is 0.562. The zero-order valence-electron chi connectivity index (χ0n) is 13.0. The van der Waals surface area contributed by atoms with Gasteiger partial charge in [-0.3, -0.25) is 4.79 Å². The largest absolute Gasteiger partial charge is 0.325 e. The molecule has 0 atom stereocenters. The maximum Gasteiger partial charge on any atom is 0.238 e. The van der Waals surface area contributed by atoms with E-state index in [1.807, 2.05) is 12.1 Å². The molecule has 2 N–H and O–H groups in total. The SMILES string of the molecule is CC(C)(C)CC(C)(C)NCC(=O)Nc1cccc(Cl)c1. The predicted octanol–water partition coefficient (Wildman–Crippen LogP) is 4.08. The topological polar surface area (TPSA) is 41.1 Å². The van der Waals surface area contributed by atoms with E-state index in [1.165, 1.54) is 0 Å². The minimum Gasteiger partial charge on any atom is -0.325 e. The van der Waals surface area contributed by atoms with Crippen molar-refractivity contribution in [1.82, 2.24) is 5.32 Å². The quantitative estimate of drug-likeness (QED) is 0.859. The number of halogens is 1. The highest BCUT2D eigenvalue weighted by Gasteiger charge is 2.25. The van der Waals surface area contributed by atoms with Gasteiger partial charge in [-0.1, -0.05) is 38.4 Å². The van der Waals surface area contributed by atoms with Gasteiger partial charge in [-0.15, -0.1) is 0 Å². The molecule has 0 unspecified atom stereocenters. The molecular weight excluding hydrogens is 272 g/mol. The van der Waals surface area contributed by atoms with Crippen molar-refractivity contribution < 1.29 is 4.79 Å². The summed E-state index contributed by atoms with van der Waals surface area (Å²) in [5, 5.41) is 6.75. The molecule has 3 nitrogen and oxygen atoms in total. The molecule has 0 fully saturated rings. The Bertz CT molecular complexity index is 464. The fourth-order valence-corrected chi connectivity index (χ4v) is 2.67. The number of rotatable bonds is 5. The predicted molar refractivity (Wildman–Crippen MR) is 86.2 cm³/mol. The summed E-state index contributed by atoms with van der Waals surface area (Å²) < 4.78 is 0. The molecule has 0 saturated heterocycles. The van der Waals surface area contributed by atoms with Gasteiger partial charge in [0, 0.05) is 16.2 Å². The van der Waals surface area contributed by atoms with Crippen LogP contribution in [0.25, 0.3) is 0 Å². The summed E-state index contributed by atoms with van der Waals surface area (Å²) in [5.74, 6) is -0.0609. The van der Waals surface area contributed by atoms with Crippen LogP contribution in [-0.4, -0.2) is 18.0 Å². The average molecular weight is 297 g/mol. The molecule has 0 heterocycles. The normalized spacial score (nSPS) is 12.3. The lowest BCUT2D eigenvalue weighted by Crippen LogP contribution is -2.45. The Labute approximate surface area is 127 Å². The lowest BCUT2D eigenvalue weighted by Gasteiger charge is -2.33. The smallest absolute Gasteiger partial charge is 0.238 e. The molecule has 0 radical (unpaired) electrons. The molecule has 4 heteroatoms. The number of hydrogen-bond acceptors (Lipinski definition) is 2. The Balaban J connectivity index is 2.47. The molecule has 1 aromatic rings. The van der Waals surface area contributed by atoms with Crippen molar-refractivity contribution in [2.45, 2.75) is 46.6 Å². The Kier molecular flexibility index (Phi) is 5.60. The van der Waals surface area contributed by atoms with Crippen LogP contribution in [0, 0.1) is 5.41 Å². The van der Waals surface area contributed by atoms with Crippen molar-refractivity contribution in [2.24, 2.45) is 5.41 Å². The first-order valence-electron chi connectivity index (χ1n) is 6.88. The molecule has 0 aliphatic heterocycles. The van der Waals surface area contributed by atoms with Crippen molar-refractivity contribution in [3.05, 3.63) is 29.3 Å². The first kappa shape index (κ1) is 17.0. The average Bonchev–Trinajstić information content (AvgIpc) is 2.23. The van der Waals surface area contributed by atoms with Crippen LogP contribution in [0.5, 0.6) is 0 Å². The van der Waals surface area contributed by atoms with Crippen LogP contribution in [0.1, 0.15) is 41.0 Å². The van der Waals surface area contributed by atoms with Crippen molar-refractivity contribution in [1.29, 1.82) is 0 Å². The standard InChI is InChI=1S/C16H25ClN2O/c1-15(2,3)11-16(4,5)18-10-14(20)19-13-8-6-7-12(17)9-13/h6-9,18H,10-11H2,1-5H3,(H,19,20). The molecule has 0 spiro atoms. The molecule has 0 aliphatic rings. The van der Waals surface area contributed by atoms with Gasteiger partial charge in [0.05, 0.1) is 6.54 Å². The van der Waals surface area contributed by atoms with E-state index < -0.39 is 0 Å². The molecule has 0 saturated carbocycles. The van der Waals surface area contributed by atoms with Crippen molar-refractivity contribution in [3.8, 4) is 0 Å². The highest BCUT2D eigenvalue weighted by Crippen LogP contribution is 2.26. The molecule has 20 heavy (non-hydrogen) atoms. The van der Waals surface area contributed by atoms with E-state index in [-0.39, 0.29) is 23.4 Å². The Morgan fingerprint density at radius 3 is 2.40 bits per heavy atom. The molecular formula is C16H25ClN2O. The van der Waals surface area contributed by atoms with Gasteiger partial charge in [0.1, 0.15) is 0 Å². The summed E-state index contributed by atoms with van der Waals surface area (Å²) >= 11 is 5.88. The third-order valence-corrected chi connectivity index (χ3v) is 3.04. The summed E-state index contributed by atoms with van der Waals surface area (Å²) in [4.78, 5) is 11.9. The fourth-order valence-electron chi connectivity index (χ4n) is 2.48. The molecule has 0 aromatic heterocycles. The van der Waals surface area contributed by atoms with Gasteiger partial charge >= 0.3 is 0 Å². The second-order valence-electron chi connectivity index (χ2n) is 7.03. The van der Waals surface area contributed by atoms with Crippen molar-refractivity contribution >= 4 is 23.2 Å². The van der Waals surface area contributed by atoms with Crippen LogP contribution in [-0.2, 0) is 4.79 Å². The van der Waals surface area contributed by atoms with E-state index in [0.29, 0.717) is 5.02 Å². The minimum absolute atomic E-state index is 0.0609. The Hall–Kier alpha value is -1.06. The van der Waals surface area contributed by atoms with E-state index in [0.717, 1.165) is 12.1 Å². The van der Waals surface area contributed by atoms with Gasteiger partial charge in [-0.25, -0.2) is 0 Å². The van der Waals surface area contributed by atoms with Crippen LogP contribution in [0.2, 0.25) is 5.02 Å². The van der Waals surface area contributed by atoms with Crippen LogP contribution in [0.4, 0.5) is 5.69 Å². The number of carbonyl (C=O) groups is 1. The molecule has 0 aliphatic carbocycles. The van der Waals surface area contributed by atoms with E-state index in [2.05, 4.69) is 45.3 Å². The zero-order chi connectivity index (χ0) is 15.4. The maximum atomic E-state index is 11.9. The molecule has 1 aromatic carbocycles. The van der Waals surface area contributed by atoms with Gasteiger partial charge in [-0.05, 0) is 43.9 Å². The summed E-state index contributed by atoms with van der Waals surface area (Å²) in [7, 11) is 0. The first-order valence-corrected chi connectivity index (χ1v) is 7.26. The van der Waals surface area contributed by atoms with E-state index in [9.17, 15) is 4.79 Å². The highest BCUT2D eigenvalue weighted by atomic mass is 35.5. The Morgan fingerprint density at radius 2 is 1.85 bits per heavy atom. The molecule has 1 rings (SSSR count). The van der Waals surface area contributed by atoms with Crippen molar-refractivity contribution in [3.63, 3.8) is 0 Å². The first-order chi connectivity index (χ1) is 9.07. The van der Waals surface area contributed by atoms with Gasteiger partial charge < -0.3 is 10.6 Å². The number of carbonyl (C=O) groups excluding carboxylic acids is 1. The molecule has 0 bridgehead atoms. The third-order valence-electron chi connectivity index (χ3n) is 2.81. The van der Waals surface area contributed by atoms with Gasteiger partial charge in [0.25, 0.3) is 0 Å². The number of hydrogen-bond donors (Lipinski definition) is 2. The van der Waals surface area contributed by atoms with Gasteiger partial charge in [0.15, 0.2) is 0 Å². The minimum atomic E-state index is -0.0794. The molecule has 112 valence electrons. The number of amides is 1. The van der Waals surface area contributed by atoms with Gasteiger partial charge in [-0.2, -0.15) is 0 Å². The van der Waals surface area contributed by atoms with Crippen LogP contribution < -0.4 is 10.6 Å². The summed E-state index contributed by atoms with van der Waals surface area (Å²) in [6.07, 6.45) is 0.991. The lowest BCUT2D eigenvalue weighted by molar-refractivity contribution is -0.115. The van der Waals surface area contributed by atoms with E-state index >= 15 is 0 Å². The van der Waals surface area contributed by atoms with Gasteiger partial charge in [0.2, 0.25) is 5.91 Å². The second-order valence-corrected chi connectivity index (χ2v) is 7.47. The van der Waals surface area contributed by atoms with E-state index in [1.54, 1.807) is 12.1 Å². The maximum absolute atomic E-state index is 11.9. The second kappa shape index (κ2) is 6.59. The van der Waals surface area contributed by atoms with Crippen LogP contribution in [0.15, 0.2) is 24.3 Å². The summed E-state index contributed by atoms with van der Waals surface area (Å²) in [6.45, 7) is 11.1. The number of benzene rings is 1. The summed E-state index contributed by atoms with van der Waals surface area (Å²) in [6, 6.07) is 7.15. The summed E-state index contributed by atoms with van der Waals surface area (Å²) in [5.41, 5.74) is 0.863. The van der Waals surface area contributed by atoms with E-state index in [4.69, 9.17) is 11.6 Å². The third kappa shape index (κ3) is 6.92. The van der Waals surface area contributed by atoms with Crippen molar-refractivity contribution in [2.75, 3.05) is 11.9 Å². The number of anilines is 1. The Morgan fingerprint density at radius 1 is 1.20 bits per heavy atom. The van der Waals surface area contributed by atoms with Crippen LogP contribution in [0.3, 0.4) is 0 Å².